The number of fused-ring (bicyclic) bond motifs is 2. The molecule has 1 unspecified atom stereocenters. The van der Waals surface area contributed by atoms with E-state index in [1.807, 2.05) is 13.0 Å². The van der Waals surface area contributed by atoms with Crippen LogP contribution in [-0.2, 0) is 12.8 Å². The zero-order valence-corrected chi connectivity index (χ0v) is 14.9. The second-order valence-electron chi connectivity index (χ2n) is 7.17. The molecule has 2 heterocycles. The van der Waals surface area contributed by atoms with Crippen LogP contribution in [0.25, 0.3) is 22.3 Å². The molecule has 4 aromatic rings. The average molecular weight is 339 g/mol. The molecule has 0 bridgehead atoms. The lowest BCUT2D eigenvalue weighted by molar-refractivity contribution is 0.572. The third-order valence-electron chi connectivity index (χ3n) is 5.44. The van der Waals surface area contributed by atoms with Crippen LogP contribution >= 0.6 is 0 Å². The van der Waals surface area contributed by atoms with Gasteiger partial charge in [0, 0.05) is 11.6 Å². The lowest BCUT2D eigenvalue weighted by Gasteiger charge is -2.24. The van der Waals surface area contributed by atoms with Gasteiger partial charge < -0.3 is 4.98 Å². The molecule has 1 aliphatic rings. The number of benzene rings is 2. The van der Waals surface area contributed by atoms with Gasteiger partial charge in [0.05, 0.1) is 16.7 Å². The molecule has 128 valence electrons. The van der Waals surface area contributed by atoms with E-state index in [0.29, 0.717) is 5.92 Å². The van der Waals surface area contributed by atoms with Gasteiger partial charge in [0.25, 0.3) is 0 Å². The number of hydrogen-bond acceptors (Lipinski definition) is 2. The third-order valence-corrected chi connectivity index (χ3v) is 5.44. The van der Waals surface area contributed by atoms with E-state index in [2.05, 4.69) is 64.6 Å². The van der Waals surface area contributed by atoms with Gasteiger partial charge in [-0.05, 0) is 48.9 Å². The Bertz CT molecular complexity index is 1080. The van der Waals surface area contributed by atoms with Crippen molar-refractivity contribution in [2.75, 3.05) is 0 Å². The zero-order chi connectivity index (χ0) is 17.5. The number of aromatic amines is 1. The summed E-state index contributed by atoms with van der Waals surface area (Å²) >= 11 is 0. The SMILES string of the molecule is Cc1nc(C2CCc3ccccc3C2)c2[nH]c(-c3ccccc3)cc2n1. The highest BCUT2D eigenvalue weighted by Crippen LogP contribution is 2.35. The van der Waals surface area contributed by atoms with Crippen molar-refractivity contribution in [3.63, 3.8) is 0 Å². The molecule has 1 aliphatic carbocycles. The summed E-state index contributed by atoms with van der Waals surface area (Å²) in [4.78, 5) is 13.1. The number of aromatic nitrogens is 3. The highest BCUT2D eigenvalue weighted by molar-refractivity contribution is 5.84. The maximum Gasteiger partial charge on any atom is 0.126 e. The van der Waals surface area contributed by atoms with Crippen LogP contribution in [0.5, 0.6) is 0 Å². The molecule has 3 nitrogen and oxygen atoms in total. The third kappa shape index (κ3) is 2.60. The van der Waals surface area contributed by atoms with Gasteiger partial charge in [-0.15, -0.1) is 0 Å². The molecule has 5 rings (SSSR count). The van der Waals surface area contributed by atoms with E-state index in [0.717, 1.165) is 41.8 Å². The Morgan fingerprint density at radius 3 is 2.54 bits per heavy atom. The molecule has 26 heavy (non-hydrogen) atoms. The molecule has 1 N–H and O–H groups in total. The number of aryl methyl sites for hydroxylation is 2. The number of nitrogens with zero attached hydrogens (tertiary/aromatic N) is 2. The second-order valence-corrected chi connectivity index (χ2v) is 7.17. The molecule has 0 fully saturated rings. The van der Waals surface area contributed by atoms with Crippen molar-refractivity contribution >= 4 is 11.0 Å². The van der Waals surface area contributed by atoms with E-state index in [9.17, 15) is 0 Å². The Kier molecular flexibility index (Phi) is 3.59. The molecular weight excluding hydrogens is 318 g/mol. The molecule has 0 aliphatic heterocycles. The van der Waals surface area contributed by atoms with Crippen LogP contribution in [0.15, 0.2) is 60.7 Å². The van der Waals surface area contributed by atoms with Gasteiger partial charge in [0.2, 0.25) is 0 Å². The zero-order valence-electron chi connectivity index (χ0n) is 14.9. The fourth-order valence-corrected chi connectivity index (χ4v) is 4.16. The fourth-order valence-electron chi connectivity index (χ4n) is 4.16. The summed E-state index contributed by atoms with van der Waals surface area (Å²) < 4.78 is 0. The molecule has 0 radical (unpaired) electrons. The Hall–Kier alpha value is -2.94. The van der Waals surface area contributed by atoms with Gasteiger partial charge in [-0.3, -0.25) is 0 Å². The van der Waals surface area contributed by atoms with E-state index < -0.39 is 0 Å². The number of hydrogen-bond donors (Lipinski definition) is 1. The first-order valence-corrected chi connectivity index (χ1v) is 9.27. The van der Waals surface area contributed by atoms with Crippen molar-refractivity contribution in [3.05, 3.63) is 83.3 Å². The van der Waals surface area contributed by atoms with Crippen LogP contribution in [0.1, 0.15) is 35.0 Å². The molecule has 0 saturated heterocycles. The predicted molar refractivity (Wildman–Crippen MR) is 105 cm³/mol. The minimum absolute atomic E-state index is 0.441. The topological polar surface area (TPSA) is 41.6 Å². The Morgan fingerprint density at radius 2 is 1.69 bits per heavy atom. The summed E-state index contributed by atoms with van der Waals surface area (Å²) in [6.45, 7) is 1.99. The first-order valence-electron chi connectivity index (χ1n) is 9.27. The van der Waals surface area contributed by atoms with Gasteiger partial charge in [-0.2, -0.15) is 0 Å². The fraction of sp³-hybridized carbons (Fsp3) is 0.217. The number of nitrogens with one attached hydrogen (secondary N) is 1. The van der Waals surface area contributed by atoms with Gasteiger partial charge >= 0.3 is 0 Å². The second kappa shape index (κ2) is 6.10. The van der Waals surface area contributed by atoms with Crippen molar-refractivity contribution in [3.8, 4) is 11.3 Å². The Morgan fingerprint density at radius 1 is 0.923 bits per heavy atom. The summed E-state index contributed by atoms with van der Waals surface area (Å²) in [6, 6.07) is 21.4. The molecule has 0 amide bonds. The van der Waals surface area contributed by atoms with Gasteiger partial charge in [0.1, 0.15) is 5.82 Å². The smallest absolute Gasteiger partial charge is 0.126 e. The van der Waals surface area contributed by atoms with Gasteiger partial charge in [-0.25, -0.2) is 9.97 Å². The number of H-pyrrole nitrogens is 1. The first kappa shape index (κ1) is 15.3. The summed E-state index contributed by atoms with van der Waals surface area (Å²) in [7, 11) is 0. The highest BCUT2D eigenvalue weighted by atomic mass is 14.9. The molecule has 2 aromatic carbocycles. The van der Waals surface area contributed by atoms with Gasteiger partial charge in [-0.1, -0.05) is 54.6 Å². The van der Waals surface area contributed by atoms with Crippen molar-refractivity contribution in [1.82, 2.24) is 15.0 Å². The Balaban J connectivity index is 1.61. The molecule has 0 saturated carbocycles. The molecule has 3 heteroatoms. The van der Waals surface area contributed by atoms with Crippen LogP contribution in [-0.4, -0.2) is 15.0 Å². The van der Waals surface area contributed by atoms with Crippen molar-refractivity contribution in [2.45, 2.75) is 32.1 Å². The minimum Gasteiger partial charge on any atom is -0.352 e. The lowest BCUT2D eigenvalue weighted by Crippen LogP contribution is -2.15. The molecular formula is C23H21N3. The van der Waals surface area contributed by atoms with Crippen molar-refractivity contribution in [1.29, 1.82) is 0 Å². The molecule has 0 spiro atoms. The van der Waals surface area contributed by atoms with Crippen LogP contribution in [0.3, 0.4) is 0 Å². The summed E-state index contributed by atoms with van der Waals surface area (Å²) in [5, 5.41) is 0. The summed E-state index contributed by atoms with van der Waals surface area (Å²) in [6.07, 6.45) is 3.32. The molecule has 2 aromatic heterocycles. The predicted octanol–water partition coefficient (Wildman–Crippen LogP) is 5.21. The van der Waals surface area contributed by atoms with E-state index in [4.69, 9.17) is 4.98 Å². The molecule has 1 atom stereocenters. The Labute approximate surface area is 153 Å². The monoisotopic (exact) mass is 339 g/mol. The van der Waals surface area contributed by atoms with Crippen LogP contribution in [0.4, 0.5) is 0 Å². The lowest BCUT2D eigenvalue weighted by atomic mass is 9.82. The average Bonchev–Trinajstić information content (AvgIpc) is 3.11. The van der Waals surface area contributed by atoms with Crippen molar-refractivity contribution in [2.24, 2.45) is 0 Å². The highest BCUT2D eigenvalue weighted by Gasteiger charge is 2.24. The van der Waals surface area contributed by atoms with E-state index in [-0.39, 0.29) is 0 Å². The van der Waals surface area contributed by atoms with E-state index >= 15 is 0 Å². The van der Waals surface area contributed by atoms with Crippen LogP contribution in [0, 0.1) is 6.92 Å². The maximum atomic E-state index is 4.86. The van der Waals surface area contributed by atoms with E-state index in [1.54, 1.807) is 0 Å². The first-order chi connectivity index (χ1) is 12.8. The maximum absolute atomic E-state index is 4.86. The van der Waals surface area contributed by atoms with Crippen LogP contribution < -0.4 is 0 Å². The number of rotatable bonds is 2. The van der Waals surface area contributed by atoms with Crippen molar-refractivity contribution < 1.29 is 0 Å². The van der Waals surface area contributed by atoms with Crippen LogP contribution in [0.2, 0.25) is 0 Å². The quantitative estimate of drug-likeness (QED) is 0.545. The largest absolute Gasteiger partial charge is 0.352 e. The summed E-state index contributed by atoms with van der Waals surface area (Å²) in [5.74, 6) is 1.29. The summed E-state index contributed by atoms with van der Waals surface area (Å²) in [5.41, 5.74) is 8.53. The van der Waals surface area contributed by atoms with Gasteiger partial charge in [0.15, 0.2) is 0 Å². The van der Waals surface area contributed by atoms with E-state index in [1.165, 1.54) is 22.4 Å². The normalized spacial score (nSPS) is 16.6. The minimum atomic E-state index is 0.441. The standard InChI is InChI=1S/C23H21N3/c1-15-24-21-14-20(17-8-3-2-4-9-17)26-23(21)22(25-15)19-12-11-16-7-5-6-10-18(16)13-19/h2-10,14,19,26H,11-13H2,1H3.